The van der Waals surface area contributed by atoms with E-state index in [0.717, 1.165) is 12.1 Å². The van der Waals surface area contributed by atoms with Crippen LogP contribution in [0.15, 0.2) is 36.7 Å². The number of nitrogens with one attached hydrogen (secondary N) is 1. The molecular formula is C27H33FN4O2. The van der Waals surface area contributed by atoms with E-state index in [1.54, 1.807) is 0 Å². The summed E-state index contributed by atoms with van der Waals surface area (Å²) in [6, 6.07) is -4.84. The lowest BCUT2D eigenvalue weighted by molar-refractivity contribution is 0.0643. The Morgan fingerprint density at radius 3 is 2.59 bits per heavy atom. The maximum absolute atomic E-state index is 15.0. The van der Waals surface area contributed by atoms with Gasteiger partial charge in [0.2, 0.25) is 0 Å². The second-order valence-corrected chi connectivity index (χ2v) is 8.08. The minimum absolute atomic E-state index is 0.187. The van der Waals surface area contributed by atoms with Crippen molar-refractivity contribution in [3.63, 3.8) is 0 Å². The first-order chi connectivity index (χ1) is 21.8. The number of hydrogen-bond acceptors (Lipinski definition) is 4. The monoisotopic (exact) mass is 478 g/mol. The number of Topliss-reactive ketones (excluding diaryl/α,β-unsaturated/α-hetero) is 1. The molecule has 6 nitrogen and oxygen atoms in total. The van der Waals surface area contributed by atoms with Crippen LogP contribution in [0.3, 0.4) is 0 Å². The zero-order valence-corrected chi connectivity index (χ0v) is 18.4. The number of piperidine rings is 1. The number of carbonyl (C=O) groups is 2. The highest BCUT2D eigenvalue weighted by atomic mass is 19.1. The highest BCUT2D eigenvalue weighted by Gasteiger charge is 2.30. The van der Waals surface area contributed by atoms with Crippen molar-refractivity contribution in [1.82, 2.24) is 19.8 Å². The van der Waals surface area contributed by atoms with Crippen molar-refractivity contribution >= 4 is 22.6 Å². The van der Waals surface area contributed by atoms with Crippen LogP contribution in [0.5, 0.6) is 0 Å². The second-order valence-electron chi connectivity index (χ2n) is 8.08. The van der Waals surface area contributed by atoms with Gasteiger partial charge in [0, 0.05) is 57.2 Å². The second kappa shape index (κ2) is 9.66. The van der Waals surface area contributed by atoms with Crippen molar-refractivity contribution in [1.29, 1.82) is 0 Å². The van der Waals surface area contributed by atoms with Gasteiger partial charge in [-0.1, -0.05) is 0 Å². The van der Waals surface area contributed by atoms with Crippen LogP contribution in [0.1, 0.15) is 85.8 Å². The van der Waals surface area contributed by atoms with Crippen molar-refractivity contribution < 1.29 is 33.2 Å². The van der Waals surface area contributed by atoms with Crippen LogP contribution in [0.4, 0.5) is 4.39 Å². The van der Waals surface area contributed by atoms with Crippen LogP contribution >= 0.6 is 0 Å². The number of halogens is 1. The number of ketones is 1. The molecule has 180 valence electrons. The van der Waals surface area contributed by atoms with Crippen molar-refractivity contribution in [2.24, 2.45) is 5.92 Å². The van der Waals surface area contributed by atoms with Gasteiger partial charge in [0.25, 0.3) is 5.91 Å². The number of benzene rings is 1. The summed E-state index contributed by atoms with van der Waals surface area (Å²) >= 11 is 0. The Bertz CT molecular complexity index is 1660. The molecule has 2 aromatic heterocycles. The van der Waals surface area contributed by atoms with Gasteiger partial charge < -0.3 is 14.8 Å². The van der Waals surface area contributed by atoms with Crippen LogP contribution in [0.2, 0.25) is 0 Å². The maximum Gasteiger partial charge on any atom is 0.256 e. The Kier molecular flexibility index (Phi) is 3.43. The molecular weight excluding hydrogens is 431 g/mol. The number of carbonyl (C=O) groups excluding carboxylic acids is 2. The smallest absolute Gasteiger partial charge is 0.256 e. The van der Waals surface area contributed by atoms with Crippen LogP contribution in [-0.4, -0.2) is 51.3 Å². The molecule has 1 aliphatic rings. The molecule has 3 heterocycles. The van der Waals surface area contributed by atoms with Gasteiger partial charge in [-0.05, 0) is 84.5 Å². The van der Waals surface area contributed by atoms with Gasteiger partial charge in [0.15, 0.2) is 5.78 Å². The molecule has 34 heavy (non-hydrogen) atoms. The highest BCUT2D eigenvalue weighted by Crippen LogP contribution is 2.34. The van der Waals surface area contributed by atoms with E-state index in [1.165, 1.54) is 30.0 Å². The molecule has 4 rings (SSSR count). The highest BCUT2D eigenvalue weighted by molar-refractivity contribution is 6.11. The summed E-state index contributed by atoms with van der Waals surface area (Å²) in [6.45, 7) is -13.9. The lowest BCUT2D eigenvalue weighted by Crippen LogP contribution is -2.42. The maximum atomic E-state index is 15.0. The fourth-order valence-corrected chi connectivity index (χ4v) is 4.48. The third kappa shape index (κ3) is 4.25. The van der Waals surface area contributed by atoms with Crippen LogP contribution in [0.25, 0.3) is 16.6 Å². The van der Waals surface area contributed by atoms with E-state index >= 15 is 4.39 Å². The van der Waals surface area contributed by atoms with E-state index in [-0.39, 0.29) is 34.2 Å². The lowest BCUT2D eigenvalue weighted by Gasteiger charge is -2.31. The van der Waals surface area contributed by atoms with Gasteiger partial charge in [-0.2, -0.15) is 0 Å². The summed E-state index contributed by atoms with van der Waals surface area (Å²) in [5, 5.41) is 3.54. The van der Waals surface area contributed by atoms with E-state index in [4.69, 9.17) is 19.2 Å². The Hall–Kier alpha value is -3.06. The quantitative estimate of drug-likeness (QED) is 0.511. The third-order valence-electron chi connectivity index (χ3n) is 6.04. The Labute approximate surface area is 219 Å². The molecule has 0 atom stereocenters. The van der Waals surface area contributed by atoms with Gasteiger partial charge in [-0.25, -0.2) is 4.39 Å². The number of nitrogens with zero attached hydrogens (tertiary/aromatic N) is 3. The van der Waals surface area contributed by atoms with Gasteiger partial charge in [-0.15, -0.1) is 0 Å². The summed E-state index contributed by atoms with van der Waals surface area (Å²) < 4.78 is 130. The summed E-state index contributed by atoms with van der Waals surface area (Å²) in [5.41, 5.74) is -0.732. The zero-order chi connectivity index (χ0) is 36.4. The molecule has 0 radical (unpaired) electrons. The molecule has 1 saturated heterocycles. The molecule has 0 aliphatic carbocycles. The summed E-state index contributed by atoms with van der Waals surface area (Å²) in [5.74, 6) is -3.85. The number of hydrogen-bond donors (Lipinski definition) is 1. The van der Waals surface area contributed by atoms with E-state index in [1.807, 2.05) is 0 Å². The molecule has 0 spiro atoms. The minimum Gasteiger partial charge on any atom is -0.334 e. The molecule has 0 bridgehead atoms. The molecule has 1 fully saturated rings. The Balaban J connectivity index is 2.12. The minimum atomic E-state index is -4.36. The van der Waals surface area contributed by atoms with Crippen molar-refractivity contribution in [3.8, 4) is 5.69 Å². The fourth-order valence-electron chi connectivity index (χ4n) is 4.48. The third-order valence-corrected chi connectivity index (χ3v) is 6.04. The van der Waals surface area contributed by atoms with E-state index in [0.29, 0.717) is 37.4 Å². The number of amides is 1. The summed E-state index contributed by atoms with van der Waals surface area (Å²) in [6.07, 6.45) is 3.77. The fraction of sp³-hybridized carbons (Fsp3) is 0.444. The molecule has 1 aromatic carbocycles. The van der Waals surface area contributed by atoms with Crippen LogP contribution in [-0.2, 0) is 0 Å². The molecule has 3 aromatic rings. The predicted octanol–water partition coefficient (Wildman–Crippen LogP) is 4.91. The predicted molar refractivity (Wildman–Crippen MR) is 132 cm³/mol. The SMILES string of the molecule is [2H]C([2H])([2H])C([2H])(N(C(=O)c1cc(F)ccc1-n1c(C)c(C(=O)C2CCNCC2)c2ccncc21)C([2H])(C([2H])([2H])[2H])C([2H])([2H])[2H])C([2H])([2H])[2H]. The van der Waals surface area contributed by atoms with E-state index in [9.17, 15) is 9.59 Å². The van der Waals surface area contributed by atoms with Gasteiger partial charge >= 0.3 is 0 Å². The van der Waals surface area contributed by atoms with E-state index in [2.05, 4.69) is 10.3 Å². The number of pyridine rings is 1. The number of aromatic nitrogens is 2. The summed E-state index contributed by atoms with van der Waals surface area (Å²) in [4.78, 5) is 31.8. The number of fused-ring (bicyclic) bond motifs is 1. The zero-order valence-electron chi connectivity index (χ0n) is 32.4. The molecule has 1 N–H and O–H groups in total. The molecule has 1 aliphatic heterocycles. The first kappa shape index (κ1) is 12.1. The molecule has 7 heteroatoms. The molecule has 1 amide bonds. The first-order valence-electron chi connectivity index (χ1n) is 17.7. The van der Waals surface area contributed by atoms with E-state index < -0.39 is 61.6 Å². The van der Waals surface area contributed by atoms with Crippen molar-refractivity contribution in [3.05, 3.63) is 59.3 Å². The standard InChI is InChI=1S/C27H33FN4O2/c1-16(2)31(17(3)4)27(34)22-14-20(28)6-7-23(22)32-18(5)25(21-10-13-30-15-24(21)32)26(33)19-8-11-29-12-9-19/h6-7,10,13-17,19,29H,8-9,11-12H2,1-5H3/i1D3,2D3,3D3,4D3,16D,17D. The Morgan fingerprint density at radius 2 is 1.91 bits per heavy atom. The molecule has 0 unspecified atom stereocenters. The van der Waals surface area contributed by atoms with Crippen molar-refractivity contribution in [2.75, 3.05) is 13.1 Å². The summed E-state index contributed by atoms with van der Waals surface area (Å²) in [7, 11) is 0. The largest absolute Gasteiger partial charge is 0.334 e. The number of rotatable bonds is 6. The van der Waals surface area contributed by atoms with Gasteiger partial charge in [-0.3, -0.25) is 14.6 Å². The van der Waals surface area contributed by atoms with Crippen LogP contribution in [0, 0.1) is 18.7 Å². The van der Waals surface area contributed by atoms with Crippen molar-refractivity contribution in [2.45, 2.75) is 59.2 Å². The Morgan fingerprint density at radius 1 is 1.21 bits per heavy atom. The first-order valence-corrected chi connectivity index (χ1v) is 10.7. The van der Waals surface area contributed by atoms with Crippen LogP contribution < -0.4 is 5.32 Å². The van der Waals surface area contributed by atoms with Gasteiger partial charge in [0.1, 0.15) is 5.82 Å². The average molecular weight is 479 g/mol. The lowest BCUT2D eigenvalue weighted by atomic mass is 9.88. The van der Waals surface area contributed by atoms with Gasteiger partial charge in [0.05, 0.1) is 25.7 Å². The normalized spacial score (nSPS) is 23.0. The molecule has 0 saturated carbocycles. The average Bonchev–Trinajstić information content (AvgIpc) is 3.26. The topological polar surface area (TPSA) is 67.2 Å².